The lowest BCUT2D eigenvalue weighted by Gasteiger charge is -2.23. The Balaban J connectivity index is 2.27. The Labute approximate surface area is 128 Å². The maximum atomic E-state index is 12.8. The van der Waals surface area contributed by atoms with Crippen LogP contribution in [0, 0.1) is 5.92 Å². The molecule has 21 heavy (non-hydrogen) atoms. The lowest BCUT2D eigenvalue weighted by atomic mass is 10.1. The lowest BCUT2D eigenvalue weighted by Crippen LogP contribution is -2.34. The van der Waals surface area contributed by atoms with Gasteiger partial charge in [0, 0.05) is 18.3 Å². The first-order valence-electron chi connectivity index (χ1n) is 7.76. The Hall–Kier alpha value is -1.07. The van der Waals surface area contributed by atoms with Crippen LogP contribution in [-0.4, -0.2) is 25.3 Å². The van der Waals surface area contributed by atoms with Crippen molar-refractivity contribution in [3.8, 4) is 0 Å². The molecule has 0 atom stereocenters. The van der Waals surface area contributed by atoms with Crippen molar-refractivity contribution in [2.45, 2.75) is 57.4 Å². The largest absolute Gasteiger partial charge is 0.398 e. The van der Waals surface area contributed by atoms with Gasteiger partial charge < -0.3 is 5.73 Å². The van der Waals surface area contributed by atoms with Crippen molar-refractivity contribution < 1.29 is 8.42 Å². The van der Waals surface area contributed by atoms with Crippen molar-refractivity contribution in [2.24, 2.45) is 5.92 Å². The second kappa shape index (κ2) is 6.36. The van der Waals surface area contributed by atoms with Gasteiger partial charge in [-0.25, -0.2) is 8.42 Å². The number of rotatable bonds is 7. The first-order valence-corrected chi connectivity index (χ1v) is 9.20. The number of nitrogen functional groups attached to an aromatic ring is 1. The number of hydrogen-bond acceptors (Lipinski definition) is 3. The number of aryl methyl sites for hydroxylation is 1. The summed E-state index contributed by atoms with van der Waals surface area (Å²) in [6.07, 6.45) is 3.64. The fraction of sp³-hybridized carbons (Fsp3) is 0.625. The number of sulfonamides is 1. The zero-order chi connectivity index (χ0) is 15.6. The Morgan fingerprint density at radius 1 is 1.33 bits per heavy atom. The van der Waals surface area contributed by atoms with E-state index in [1.54, 1.807) is 16.4 Å². The maximum Gasteiger partial charge on any atom is 0.243 e. The van der Waals surface area contributed by atoms with Gasteiger partial charge in [-0.15, -0.1) is 0 Å². The van der Waals surface area contributed by atoms with Crippen LogP contribution >= 0.6 is 0 Å². The summed E-state index contributed by atoms with van der Waals surface area (Å²) in [7, 11) is -3.43. The van der Waals surface area contributed by atoms with E-state index >= 15 is 0 Å². The molecule has 0 spiro atoms. The molecule has 1 aliphatic rings. The molecule has 0 bridgehead atoms. The minimum atomic E-state index is -3.43. The molecular formula is C16H26N2O2S. The molecule has 0 aliphatic heterocycles. The number of hydrogen-bond donors (Lipinski definition) is 1. The van der Waals surface area contributed by atoms with Crippen molar-refractivity contribution in [1.82, 2.24) is 4.31 Å². The molecule has 0 heterocycles. The van der Waals surface area contributed by atoms with Gasteiger partial charge in [-0.3, -0.25) is 0 Å². The third-order valence-electron chi connectivity index (χ3n) is 3.99. The van der Waals surface area contributed by atoms with Crippen molar-refractivity contribution in [1.29, 1.82) is 0 Å². The molecular weight excluding hydrogens is 284 g/mol. The van der Waals surface area contributed by atoms with Crippen LogP contribution in [0.25, 0.3) is 0 Å². The highest BCUT2D eigenvalue weighted by atomic mass is 32.2. The predicted molar refractivity (Wildman–Crippen MR) is 86.6 cm³/mol. The van der Waals surface area contributed by atoms with Crippen LogP contribution < -0.4 is 5.73 Å². The SMILES string of the molecule is CCc1ccc(S(=O)(=O)N(CCC(C)C)C2CC2)cc1N. The first kappa shape index (κ1) is 16.3. The topological polar surface area (TPSA) is 63.4 Å². The monoisotopic (exact) mass is 310 g/mol. The normalized spacial score (nSPS) is 15.9. The zero-order valence-electron chi connectivity index (χ0n) is 13.2. The summed E-state index contributed by atoms with van der Waals surface area (Å²) in [4.78, 5) is 0.327. The van der Waals surface area contributed by atoms with Crippen LogP contribution in [0.15, 0.2) is 23.1 Å². The fourth-order valence-electron chi connectivity index (χ4n) is 2.44. The Kier molecular flexibility index (Phi) is 4.94. The van der Waals surface area contributed by atoms with Crippen LogP contribution in [-0.2, 0) is 16.4 Å². The van der Waals surface area contributed by atoms with Crippen LogP contribution in [0.2, 0.25) is 0 Å². The summed E-state index contributed by atoms with van der Waals surface area (Å²) in [5.41, 5.74) is 7.52. The average molecular weight is 310 g/mol. The summed E-state index contributed by atoms with van der Waals surface area (Å²) in [6, 6.07) is 5.31. The average Bonchev–Trinajstić information content (AvgIpc) is 3.22. The zero-order valence-corrected chi connectivity index (χ0v) is 14.0. The van der Waals surface area contributed by atoms with E-state index in [9.17, 15) is 8.42 Å². The van der Waals surface area contributed by atoms with E-state index in [2.05, 4.69) is 13.8 Å². The molecule has 1 aromatic carbocycles. The third-order valence-corrected chi connectivity index (χ3v) is 5.93. The molecule has 1 aliphatic carbocycles. The van der Waals surface area contributed by atoms with Gasteiger partial charge in [0.1, 0.15) is 0 Å². The molecule has 2 rings (SSSR count). The van der Waals surface area contributed by atoms with Gasteiger partial charge in [0.25, 0.3) is 0 Å². The van der Waals surface area contributed by atoms with E-state index in [1.165, 1.54) is 0 Å². The van der Waals surface area contributed by atoms with Crippen molar-refractivity contribution in [2.75, 3.05) is 12.3 Å². The molecule has 0 radical (unpaired) electrons. The molecule has 0 saturated heterocycles. The molecule has 0 aromatic heterocycles. The van der Waals surface area contributed by atoms with Crippen LogP contribution in [0.4, 0.5) is 5.69 Å². The molecule has 5 heteroatoms. The summed E-state index contributed by atoms with van der Waals surface area (Å²) in [5, 5.41) is 0. The van der Waals surface area contributed by atoms with E-state index in [4.69, 9.17) is 5.73 Å². The van der Waals surface area contributed by atoms with Gasteiger partial charge in [-0.2, -0.15) is 4.31 Å². The third kappa shape index (κ3) is 3.77. The van der Waals surface area contributed by atoms with Crippen LogP contribution in [0.3, 0.4) is 0 Å². The molecule has 0 unspecified atom stereocenters. The number of nitrogens with two attached hydrogens (primary N) is 1. The standard InChI is InChI=1S/C16H26N2O2S/c1-4-13-5-8-15(11-16(13)17)21(19,20)18(14-6-7-14)10-9-12(2)3/h5,8,11-12,14H,4,6-7,9-10,17H2,1-3H3. The number of nitrogens with zero attached hydrogens (tertiary/aromatic N) is 1. The quantitative estimate of drug-likeness (QED) is 0.787. The molecule has 1 fully saturated rings. The van der Waals surface area contributed by atoms with E-state index < -0.39 is 10.0 Å². The molecule has 1 aromatic rings. The van der Waals surface area contributed by atoms with Crippen molar-refractivity contribution in [3.05, 3.63) is 23.8 Å². The molecule has 0 amide bonds. The van der Waals surface area contributed by atoms with Crippen LogP contribution in [0.5, 0.6) is 0 Å². The van der Waals surface area contributed by atoms with Crippen molar-refractivity contribution in [3.63, 3.8) is 0 Å². The van der Waals surface area contributed by atoms with Gasteiger partial charge in [-0.1, -0.05) is 26.8 Å². The molecule has 4 nitrogen and oxygen atoms in total. The highest BCUT2D eigenvalue weighted by Gasteiger charge is 2.37. The van der Waals surface area contributed by atoms with Gasteiger partial charge in [-0.05, 0) is 49.3 Å². The highest BCUT2D eigenvalue weighted by Crippen LogP contribution is 2.33. The Morgan fingerprint density at radius 3 is 2.48 bits per heavy atom. The number of benzene rings is 1. The summed E-state index contributed by atoms with van der Waals surface area (Å²) >= 11 is 0. The van der Waals surface area contributed by atoms with E-state index in [-0.39, 0.29) is 6.04 Å². The van der Waals surface area contributed by atoms with Crippen molar-refractivity contribution >= 4 is 15.7 Å². The summed E-state index contributed by atoms with van der Waals surface area (Å²) in [6.45, 7) is 6.84. The predicted octanol–water partition coefficient (Wildman–Crippen LogP) is 3.03. The Bertz CT molecular complexity index is 592. The second-order valence-electron chi connectivity index (χ2n) is 6.24. The Morgan fingerprint density at radius 2 is 2.00 bits per heavy atom. The number of anilines is 1. The molecule has 1 saturated carbocycles. The molecule has 118 valence electrons. The fourth-order valence-corrected chi connectivity index (χ4v) is 4.17. The minimum Gasteiger partial charge on any atom is -0.398 e. The van der Waals surface area contributed by atoms with E-state index in [0.29, 0.717) is 23.0 Å². The lowest BCUT2D eigenvalue weighted by molar-refractivity contribution is 0.373. The van der Waals surface area contributed by atoms with Gasteiger partial charge in [0.05, 0.1) is 4.90 Å². The van der Waals surface area contributed by atoms with Gasteiger partial charge >= 0.3 is 0 Å². The summed E-state index contributed by atoms with van der Waals surface area (Å²) < 4.78 is 27.4. The van der Waals surface area contributed by atoms with E-state index in [1.807, 2.05) is 13.0 Å². The smallest absolute Gasteiger partial charge is 0.243 e. The first-order chi connectivity index (χ1) is 9.86. The highest BCUT2D eigenvalue weighted by molar-refractivity contribution is 7.89. The van der Waals surface area contributed by atoms with Gasteiger partial charge in [0.2, 0.25) is 10.0 Å². The summed E-state index contributed by atoms with van der Waals surface area (Å²) in [5.74, 6) is 0.494. The van der Waals surface area contributed by atoms with Gasteiger partial charge in [0.15, 0.2) is 0 Å². The van der Waals surface area contributed by atoms with E-state index in [0.717, 1.165) is 31.2 Å². The van der Waals surface area contributed by atoms with Crippen LogP contribution in [0.1, 0.15) is 45.6 Å². The minimum absolute atomic E-state index is 0.181. The second-order valence-corrected chi connectivity index (χ2v) is 8.13. The molecule has 2 N–H and O–H groups in total. The maximum absolute atomic E-state index is 12.8.